The molecule has 0 heterocycles. The van der Waals surface area contributed by atoms with Crippen LogP contribution in [-0.4, -0.2) is 0 Å². The molecule has 0 fully saturated rings. The van der Waals surface area contributed by atoms with Gasteiger partial charge in [-0.1, -0.05) is 242 Å². The lowest BCUT2D eigenvalue weighted by Crippen LogP contribution is -2.25. The molecule has 0 radical (unpaired) electrons. The summed E-state index contributed by atoms with van der Waals surface area (Å²) in [7, 11) is 0. The highest BCUT2D eigenvalue weighted by Gasteiger charge is 2.41. The van der Waals surface area contributed by atoms with Crippen LogP contribution in [-0.2, 0) is 5.41 Å². The molecule has 0 bridgehead atoms. The molecule has 0 saturated carbocycles. The molecular formula is C45H74. The molecule has 2 aromatic carbocycles. The van der Waals surface area contributed by atoms with Gasteiger partial charge in [0, 0.05) is 5.41 Å². The van der Waals surface area contributed by atoms with Crippen LogP contribution in [0.2, 0.25) is 0 Å². The van der Waals surface area contributed by atoms with E-state index in [2.05, 4.69) is 62.4 Å². The molecule has 0 aromatic heterocycles. The Bertz CT molecular complexity index is 890. The van der Waals surface area contributed by atoms with Gasteiger partial charge in [0.05, 0.1) is 0 Å². The van der Waals surface area contributed by atoms with Crippen LogP contribution in [0.1, 0.15) is 218 Å². The van der Waals surface area contributed by atoms with Crippen molar-refractivity contribution in [1.29, 1.82) is 0 Å². The Morgan fingerprint density at radius 3 is 0.844 bits per heavy atom. The second kappa shape index (κ2) is 24.6. The van der Waals surface area contributed by atoms with Gasteiger partial charge < -0.3 is 0 Å². The van der Waals surface area contributed by atoms with E-state index in [0.29, 0.717) is 0 Å². The van der Waals surface area contributed by atoms with E-state index in [1.807, 2.05) is 0 Å². The van der Waals surface area contributed by atoms with Crippen LogP contribution in [0.15, 0.2) is 48.5 Å². The van der Waals surface area contributed by atoms with Crippen molar-refractivity contribution in [2.75, 3.05) is 0 Å². The van der Waals surface area contributed by atoms with Gasteiger partial charge in [-0.15, -0.1) is 0 Å². The van der Waals surface area contributed by atoms with Crippen molar-refractivity contribution in [3.05, 3.63) is 59.7 Å². The van der Waals surface area contributed by atoms with E-state index in [9.17, 15) is 0 Å². The van der Waals surface area contributed by atoms with Gasteiger partial charge >= 0.3 is 0 Å². The van der Waals surface area contributed by atoms with Gasteiger partial charge in [0.1, 0.15) is 0 Å². The molecule has 0 unspecified atom stereocenters. The molecule has 0 N–H and O–H groups in total. The smallest absolute Gasteiger partial charge is 0.0215 e. The molecule has 0 spiro atoms. The molecule has 1 aliphatic rings. The maximum Gasteiger partial charge on any atom is 0.0215 e. The van der Waals surface area contributed by atoms with Crippen LogP contribution in [0.3, 0.4) is 0 Å². The summed E-state index contributed by atoms with van der Waals surface area (Å²) in [5.41, 5.74) is 6.54. The highest BCUT2D eigenvalue weighted by Crippen LogP contribution is 2.54. The fourth-order valence-electron chi connectivity index (χ4n) is 8.32. The van der Waals surface area contributed by atoms with E-state index in [1.54, 1.807) is 11.1 Å². The summed E-state index contributed by atoms with van der Waals surface area (Å²) < 4.78 is 0. The highest BCUT2D eigenvalue weighted by atomic mass is 14.4. The van der Waals surface area contributed by atoms with Gasteiger partial charge in [0.2, 0.25) is 0 Å². The summed E-state index contributed by atoms with van der Waals surface area (Å²) >= 11 is 0. The first-order valence-corrected chi connectivity index (χ1v) is 20.5. The van der Waals surface area contributed by atoms with Crippen LogP contribution in [0.5, 0.6) is 0 Å². The van der Waals surface area contributed by atoms with Crippen LogP contribution in [0.4, 0.5) is 0 Å². The SMILES string of the molecule is CCCCCCCCCCCCCCCCC1(CCCCCCCCCCCCCCCC)c2ccccc2-c2ccccc21. The van der Waals surface area contributed by atoms with Crippen LogP contribution in [0, 0.1) is 0 Å². The molecule has 3 rings (SSSR count). The van der Waals surface area contributed by atoms with E-state index >= 15 is 0 Å². The van der Waals surface area contributed by atoms with E-state index in [4.69, 9.17) is 0 Å². The monoisotopic (exact) mass is 615 g/mol. The van der Waals surface area contributed by atoms with E-state index in [-0.39, 0.29) is 5.41 Å². The van der Waals surface area contributed by atoms with Crippen molar-refractivity contribution in [3.63, 3.8) is 0 Å². The molecule has 45 heavy (non-hydrogen) atoms. The maximum absolute atomic E-state index is 2.48. The van der Waals surface area contributed by atoms with Crippen molar-refractivity contribution in [2.45, 2.75) is 212 Å². The average Bonchev–Trinajstić information content (AvgIpc) is 3.35. The molecule has 0 saturated heterocycles. The molecule has 0 heteroatoms. The lowest BCUT2D eigenvalue weighted by molar-refractivity contribution is 0.397. The van der Waals surface area contributed by atoms with Gasteiger partial charge in [-0.05, 0) is 35.1 Å². The summed E-state index contributed by atoms with van der Waals surface area (Å²) in [5.74, 6) is 0. The minimum absolute atomic E-state index is 0.238. The predicted octanol–water partition coefficient (Wildman–Crippen LogP) is 15.7. The maximum atomic E-state index is 2.48. The Balaban J connectivity index is 1.35. The number of unbranched alkanes of at least 4 members (excludes halogenated alkanes) is 26. The second-order valence-electron chi connectivity index (χ2n) is 14.9. The van der Waals surface area contributed by atoms with Crippen molar-refractivity contribution >= 4 is 0 Å². The summed E-state index contributed by atoms with van der Waals surface area (Å²) in [6, 6.07) is 18.9. The van der Waals surface area contributed by atoms with Crippen LogP contribution < -0.4 is 0 Å². The van der Waals surface area contributed by atoms with Crippen LogP contribution >= 0.6 is 0 Å². The fourth-order valence-corrected chi connectivity index (χ4v) is 8.32. The molecule has 2 aromatic rings. The van der Waals surface area contributed by atoms with E-state index in [0.717, 1.165) is 0 Å². The number of hydrogen-bond acceptors (Lipinski definition) is 0. The van der Waals surface area contributed by atoms with Gasteiger partial charge in [0.15, 0.2) is 0 Å². The third kappa shape index (κ3) is 14.0. The standard InChI is InChI=1S/C45H74/c1-3-5-7-9-11-13-15-17-19-21-23-25-27-33-39-45(43-37-31-29-35-41(43)42-36-30-32-38-44(42)45)40-34-28-26-24-22-20-18-16-14-12-10-8-6-4-2/h29-32,35-38H,3-28,33-34,39-40H2,1-2H3. The quantitative estimate of drug-likeness (QED) is 0.0768. The third-order valence-corrected chi connectivity index (χ3v) is 11.1. The van der Waals surface area contributed by atoms with Gasteiger partial charge in [-0.2, -0.15) is 0 Å². The number of hydrogen-bond donors (Lipinski definition) is 0. The third-order valence-electron chi connectivity index (χ3n) is 11.1. The topological polar surface area (TPSA) is 0 Å². The molecule has 0 nitrogen and oxygen atoms in total. The largest absolute Gasteiger partial charge is 0.0654 e. The fraction of sp³-hybridized carbons (Fsp3) is 0.733. The Morgan fingerprint density at radius 1 is 0.311 bits per heavy atom. The lowest BCUT2D eigenvalue weighted by Gasteiger charge is -2.33. The Morgan fingerprint density at radius 2 is 0.556 bits per heavy atom. The normalized spacial score (nSPS) is 13.3. The predicted molar refractivity (Wildman–Crippen MR) is 203 cm³/mol. The van der Waals surface area contributed by atoms with E-state index < -0.39 is 0 Å². The molecule has 254 valence electrons. The summed E-state index contributed by atoms with van der Waals surface area (Å²) in [5, 5.41) is 0. The number of benzene rings is 2. The van der Waals surface area contributed by atoms with Crippen molar-refractivity contribution in [2.24, 2.45) is 0 Å². The first-order valence-electron chi connectivity index (χ1n) is 20.5. The van der Waals surface area contributed by atoms with Crippen molar-refractivity contribution < 1.29 is 0 Å². The summed E-state index contributed by atoms with van der Waals surface area (Å²) in [6.45, 7) is 4.62. The van der Waals surface area contributed by atoms with Crippen molar-refractivity contribution in [1.82, 2.24) is 0 Å². The number of rotatable bonds is 30. The van der Waals surface area contributed by atoms with Crippen LogP contribution in [0.25, 0.3) is 11.1 Å². The highest BCUT2D eigenvalue weighted by molar-refractivity contribution is 5.80. The van der Waals surface area contributed by atoms with Gasteiger partial charge in [-0.25, -0.2) is 0 Å². The first kappa shape index (κ1) is 37.9. The lowest BCUT2D eigenvalue weighted by atomic mass is 9.70. The Kier molecular flexibility index (Phi) is 20.7. The minimum Gasteiger partial charge on any atom is -0.0654 e. The van der Waals surface area contributed by atoms with Gasteiger partial charge in [0.25, 0.3) is 0 Å². The minimum atomic E-state index is 0.238. The number of fused-ring (bicyclic) bond motifs is 3. The molecule has 1 aliphatic carbocycles. The Hall–Kier alpha value is -1.56. The molecule has 0 atom stereocenters. The van der Waals surface area contributed by atoms with Gasteiger partial charge in [-0.3, -0.25) is 0 Å². The Labute approximate surface area is 282 Å². The van der Waals surface area contributed by atoms with Crippen molar-refractivity contribution in [3.8, 4) is 11.1 Å². The second-order valence-corrected chi connectivity index (χ2v) is 14.9. The zero-order chi connectivity index (χ0) is 31.7. The zero-order valence-corrected chi connectivity index (χ0v) is 30.3. The zero-order valence-electron chi connectivity index (χ0n) is 30.3. The molecule has 0 amide bonds. The average molecular weight is 615 g/mol. The first-order chi connectivity index (χ1) is 22.3. The summed E-state index contributed by atoms with van der Waals surface area (Å²) in [6.07, 6.45) is 42.9. The van der Waals surface area contributed by atoms with E-state index in [1.165, 1.54) is 204 Å². The molecule has 0 aliphatic heterocycles. The molecular weight excluding hydrogens is 540 g/mol. The summed E-state index contributed by atoms with van der Waals surface area (Å²) in [4.78, 5) is 0.